The van der Waals surface area contributed by atoms with Crippen LogP contribution in [0, 0.1) is 5.92 Å². The number of carbonyl (C=O) groups is 2. The molecule has 0 fully saturated rings. The Morgan fingerprint density at radius 2 is 1.78 bits per heavy atom. The Morgan fingerprint density at radius 1 is 1.11 bits per heavy atom. The molecule has 0 saturated carbocycles. The van der Waals surface area contributed by atoms with Crippen molar-refractivity contribution >= 4 is 17.8 Å². The quantitative estimate of drug-likeness (QED) is 0.659. The topological polar surface area (TPSA) is 38.6 Å². The molecule has 1 aliphatic heterocycles. The third-order valence-electron chi connectivity index (χ3n) is 5.91. The van der Waals surface area contributed by atoms with Gasteiger partial charge >= 0.3 is 0 Å². The molecule has 1 atom stereocenters. The number of benzene rings is 1. The van der Waals surface area contributed by atoms with Crippen LogP contribution >= 0.6 is 0 Å². The van der Waals surface area contributed by atoms with Crippen molar-refractivity contribution < 1.29 is 14.5 Å². The molecule has 1 aliphatic carbocycles. The molecule has 0 amide bonds. The Labute approximate surface area is 161 Å². The molecule has 0 saturated heterocycles. The highest BCUT2D eigenvalue weighted by Gasteiger charge is 2.43. The lowest BCUT2D eigenvalue weighted by molar-refractivity contribution is -0.764. The number of rotatable bonds is 3. The van der Waals surface area contributed by atoms with Gasteiger partial charge in [0, 0.05) is 11.1 Å². The van der Waals surface area contributed by atoms with Crippen molar-refractivity contribution in [2.24, 2.45) is 5.92 Å². The van der Waals surface area contributed by atoms with E-state index in [0.29, 0.717) is 11.9 Å². The van der Waals surface area contributed by atoms with Crippen molar-refractivity contribution in [3.8, 4) is 0 Å². The van der Waals surface area contributed by atoms with Crippen LogP contribution in [-0.4, -0.2) is 19.1 Å². The Hall–Kier alpha value is -2.52. The van der Waals surface area contributed by atoms with E-state index >= 15 is 0 Å². The number of hydrogen-bond donors (Lipinski definition) is 1. The Bertz CT molecular complexity index is 939. The fourth-order valence-electron chi connectivity index (χ4n) is 4.19. The molecular weight excluding hydrogens is 334 g/mol. The minimum absolute atomic E-state index is 0.0715. The minimum Gasteiger partial charge on any atom is -0.298 e. The summed E-state index contributed by atoms with van der Waals surface area (Å²) in [6.45, 7) is 10.3. The van der Waals surface area contributed by atoms with E-state index in [1.807, 2.05) is 26.8 Å². The molecule has 0 aromatic heterocycles. The van der Waals surface area contributed by atoms with E-state index in [1.165, 1.54) is 21.8 Å². The van der Waals surface area contributed by atoms with Crippen molar-refractivity contribution in [3.05, 3.63) is 76.0 Å². The number of aldehydes is 1. The number of nitrogens with one attached hydrogen (secondary N) is 1. The molecule has 3 nitrogen and oxygen atoms in total. The van der Waals surface area contributed by atoms with Gasteiger partial charge in [-0.05, 0) is 62.1 Å². The standard InChI is InChI=1S/C24H27NO2/c1-15(2)18-13-17(16(3)19(14-26)23(18)27)11-12-22-24(4,5)20-9-7-8-10-21(20)25(22)6/h7-15H,1-6H3/p+1. The van der Waals surface area contributed by atoms with Crippen LogP contribution in [0.15, 0.2) is 70.5 Å². The first-order valence-corrected chi connectivity index (χ1v) is 9.49. The highest BCUT2D eigenvalue weighted by molar-refractivity contribution is 6.22. The smallest absolute Gasteiger partial charge is 0.192 e. The van der Waals surface area contributed by atoms with Crippen molar-refractivity contribution in [3.63, 3.8) is 0 Å². The number of allylic oxidation sites excluding steroid dienone is 8. The summed E-state index contributed by atoms with van der Waals surface area (Å²) in [4.78, 5) is 25.3. The van der Waals surface area contributed by atoms with Gasteiger partial charge in [-0.15, -0.1) is 0 Å². The molecule has 1 N–H and O–H groups in total. The second-order valence-electron chi connectivity index (χ2n) is 8.24. The fraction of sp³-hybridized carbons (Fsp3) is 0.333. The summed E-state index contributed by atoms with van der Waals surface area (Å²) in [6, 6.07) is 8.53. The third-order valence-corrected chi connectivity index (χ3v) is 5.91. The number of hydrogen-bond acceptors (Lipinski definition) is 2. The zero-order chi connectivity index (χ0) is 19.9. The highest BCUT2D eigenvalue weighted by Crippen LogP contribution is 2.38. The number of quaternary nitrogens is 1. The number of likely N-dealkylation sites (N-methyl/N-ethyl adjacent to an activating group) is 1. The lowest BCUT2D eigenvalue weighted by atomic mass is 9.82. The number of carbonyl (C=O) groups excluding carboxylic acids is 2. The monoisotopic (exact) mass is 362 g/mol. The molecule has 0 spiro atoms. The van der Waals surface area contributed by atoms with Crippen molar-refractivity contribution in [1.29, 1.82) is 0 Å². The van der Waals surface area contributed by atoms with Gasteiger partial charge in [0.2, 0.25) is 0 Å². The summed E-state index contributed by atoms with van der Waals surface area (Å²) in [5.41, 5.74) is 6.50. The zero-order valence-corrected chi connectivity index (χ0v) is 17.0. The number of ketones is 1. The van der Waals surface area contributed by atoms with Gasteiger partial charge in [-0.25, -0.2) is 0 Å². The molecule has 27 heavy (non-hydrogen) atoms. The number of fused-ring (bicyclic) bond motifs is 1. The predicted octanol–water partition coefficient (Wildman–Crippen LogP) is 3.61. The van der Waals surface area contributed by atoms with E-state index < -0.39 is 0 Å². The van der Waals surface area contributed by atoms with E-state index in [-0.39, 0.29) is 22.7 Å². The summed E-state index contributed by atoms with van der Waals surface area (Å²) in [6.07, 6.45) is 6.85. The Kier molecular flexibility index (Phi) is 4.92. The first-order chi connectivity index (χ1) is 12.7. The van der Waals surface area contributed by atoms with Gasteiger partial charge in [0.05, 0.1) is 18.0 Å². The summed E-state index contributed by atoms with van der Waals surface area (Å²) in [5.74, 6) is -0.0595. The normalized spacial score (nSPS) is 24.6. The lowest BCUT2D eigenvalue weighted by Gasteiger charge is -2.20. The van der Waals surface area contributed by atoms with Crippen LogP contribution in [0.3, 0.4) is 0 Å². The van der Waals surface area contributed by atoms with Gasteiger partial charge in [-0.2, -0.15) is 0 Å². The maximum absolute atomic E-state index is 12.5. The molecule has 1 unspecified atom stereocenters. The first kappa shape index (κ1) is 19.2. The number of para-hydroxylation sites is 1. The van der Waals surface area contributed by atoms with Crippen molar-refractivity contribution in [1.82, 2.24) is 0 Å². The summed E-state index contributed by atoms with van der Waals surface area (Å²) < 4.78 is 0. The van der Waals surface area contributed by atoms with Gasteiger partial charge in [0.1, 0.15) is 11.4 Å². The maximum atomic E-state index is 12.5. The Balaban J connectivity index is 2.10. The summed E-state index contributed by atoms with van der Waals surface area (Å²) >= 11 is 0. The molecule has 3 heteroatoms. The van der Waals surface area contributed by atoms with Gasteiger partial charge in [0.15, 0.2) is 12.1 Å². The van der Waals surface area contributed by atoms with E-state index in [1.54, 1.807) is 0 Å². The van der Waals surface area contributed by atoms with Gasteiger partial charge in [0.25, 0.3) is 0 Å². The molecule has 0 bridgehead atoms. The minimum atomic E-state index is -0.140. The van der Waals surface area contributed by atoms with Crippen molar-refractivity contribution in [2.45, 2.75) is 40.0 Å². The molecule has 0 radical (unpaired) electrons. The van der Waals surface area contributed by atoms with Gasteiger partial charge < -0.3 is 0 Å². The SMILES string of the molecule is CC1=C(C=O)C(=O)C(C(C)C)=CC1=CC=C1[NH+](C)c2ccccc2C1(C)C. The van der Waals surface area contributed by atoms with E-state index in [4.69, 9.17) is 0 Å². The molecular formula is C24H28NO2+. The van der Waals surface area contributed by atoms with Crippen LogP contribution in [-0.2, 0) is 15.0 Å². The second-order valence-corrected chi connectivity index (χ2v) is 8.24. The molecule has 1 heterocycles. The van der Waals surface area contributed by atoms with E-state index in [2.05, 4.69) is 57.3 Å². The van der Waals surface area contributed by atoms with E-state index in [0.717, 1.165) is 11.1 Å². The average Bonchev–Trinajstić information content (AvgIpc) is 2.81. The second kappa shape index (κ2) is 6.90. The van der Waals surface area contributed by atoms with Gasteiger partial charge in [-0.1, -0.05) is 32.0 Å². The van der Waals surface area contributed by atoms with Gasteiger partial charge in [-0.3, -0.25) is 14.5 Å². The summed E-state index contributed by atoms with van der Waals surface area (Å²) in [7, 11) is 2.16. The van der Waals surface area contributed by atoms with Crippen LogP contribution in [0.4, 0.5) is 5.69 Å². The lowest BCUT2D eigenvalue weighted by Crippen LogP contribution is -3.01. The Morgan fingerprint density at radius 3 is 2.37 bits per heavy atom. The molecule has 3 rings (SSSR count). The van der Waals surface area contributed by atoms with Crippen LogP contribution in [0.2, 0.25) is 0 Å². The zero-order valence-electron chi connectivity index (χ0n) is 17.0. The molecule has 140 valence electrons. The molecule has 1 aromatic rings. The van der Waals surface area contributed by atoms with Crippen LogP contribution in [0.5, 0.6) is 0 Å². The maximum Gasteiger partial charge on any atom is 0.192 e. The first-order valence-electron chi connectivity index (χ1n) is 9.49. The largest absolute Gasteiger partial charge is 0.298 e. The molecule has 2 aliphatic rings. The van der Waals surface area contributed by atoms with Crippen molar-refractivity contribution in [2.75, 3.05) is 7.05 Å². The highest BCUT2D eigenvalue weighted by atomic mass is 16.1. The summed E-state index contributed by atoms with van der Waals surface area (Å²) in [5, 5.41) is 0. The van der Waals surface area contributed by atoms with E-state index in [9.17, 15) is 9.59 Å². The number of Topliss-reactive ketones (excluding diaryl/α,β-unsaturated/α-hetero) is 1. The third kappa shape index (κ3) is 3.06. The predicted molar refractivity (Wildman–Crippen MR) is 109 cm³/mol. The van der Waals surface area contributed by atoms with Crippen LogP contribution in [0.1, 0.15) is 40.2 Å². The van der Waals surface area contributed by atoms with Crippen LogP contribution < -0.4 is 4.90 Å². The average molecular weight is 362 g/mol. The molecule has 1 aromatic carbocycles. The van der Waals surface area contributed by atoms with Crippen LogP contribution in [0.25, 0.3) is 0 Å². The fourth-order valence-corrected chi connectivity index (χ4v) is 4.19.